The van der Waals surface area contributed by atoms with Crippen molar-refractivity contribution in [2.24, 2.45) is 4.99 Å². The number of ether oxygens (including phenoxy) is 1. The highest BCUT2D eigenvalue weighted by molar-refractivity contribution is 6.29. The zero-order valence-corrected chi connectivity index (χ0v) is 11.0. The normalized spacial score (nSPS) is 31.6. The van der Waals surface area contributed by atoms with E-state index in [0.29, 0.717) is 29.8 Å². The summed E-state index contributed by atoms with van der Waals surface area (Å²) in [6.45, 7) is 6.96. The van der Waals surface area contributed by atoms with Crippen LogP contribution in [0.25, 0.3) is 0 Å². The summed E-state index contributed by atoms with van der Waals surface area (Å²) in [6, 6.07) is 0.384. The van der Waals surface area contributed by atoms with Crippen LogP contribution in [-0.4, -0.2) is 37.3 Å². The lowest BCUT2D eigenvalue weighted by molar-refractivity contribution is 0.0992. The third kappa shape index (κ3) is 3.36. The molecule has 2 bridgehead atoms. The van der Waals surface area contributed by atoms with Crippen molar-refractivity contribution in [3.8, 4) is 0 Å². The highest BCUT2D eigenvalue weighted by Crippen LogP contribution is 2.34. The van der Waals surface area contributed by atoms with Crippen LogP contribution >= 0.6 is 11.6 Å². The van der Waals surface area contributed by atoms with Gasteiger partial charge in [0.25, 0.3) is 0 Å². The number of nitrogens with one attached hydrogen (secondary N) is 2. The maximum atomic E-state index is 5.80. The molecule has 3 unspecified atom stereocenters. The summed E-state index contributed by atoms with van der Waals surface area (Å²) in [5.74, 6) is 0.801. The zero-order valence-electron chi connectivity index (χ0n) is 10.2. The molecule has 4 nitrogen and oxygen atoms in total. The molecule has 0 radical (unpaired) electrons. The van der Waals surface area contributed by atoms with Crippen LogP contribution in [0, 0.1) is 0 Å². The number of guanidine groups is 1. The lowest BCUT2D eigenvalue weighted by Gasteiger charge is -2.22. The molecule has 17 heavy (non-hydrogen) atoms. The molecule has 0 aromatic carbocycles. The van der Waals surface area contributed by atoms with Crippen molar-refractivity contribution < 1.29 is 4.74 Å². The summed E-state index contributed by atoms with van der Waals surface area (Å²) >= 11 is 5.72. The number of hydrogen-bond donors (Lipinski definition) is 2. The first-order chi connectivity index (χ1) is 8.19. The fourth-order valence-corrected chi connectivity index (χ4v) is 2.51. The molecule has 5 heteroatoms. The predicted molar refractivity (Wildman–Crippen MR) is 70.4 cm³/mol. The van der Waals surface area contributed by atoms with E-state index in [1.165, 1.54) is 6.42 Å². The predicted octanol–water partition coefficient (Wildman–Crippen LogP) is 1.61. The van der Waals surface area contributed by atoms with Crippen molar-refractivity contribution in [3.05, 3.63) is 11.6 Å². The van der Waals surface area contributed by atoms with E-state index in [-0.39, 0.29) is 0 Å². The van der Waals surface area contributed by atoms with E-state index in [1.807, 2.05) is 6.92 Å². The SMILES string of the molecule is C=C(Cl)CN=C(NCC)NC1CC2CCC1O2. The van der Waals surface area contributed by atoms with Gasteiger partial charge < -0.3 is 15.4 Å². The number of fused-ring (bicyclic) bond motifs is 2. The van der Waals surface area contributed by atoms with Gasteiger partial charge in [0.05, 0.1) is 24.8 Å². The molecule has 2 fully saturated rings. The molecule has 2 aliphatic heterocycles. The van der Waals surface area contributed by atoms with Crippen molar-refractivity contribution in [1.29, 1.82) is 0 Å². The van der Waals surface area contributed by atoms with Gasteiger partial charge in [-0.2, -0.15) is 0 Å². The topological polar surface area (TPSA) is 45.7 Å². The third-order valence-electron chi connectivity index (χ3n) is 3.18. The highest BCUT2D eigenvalue weighted by atomic mass is 35.5. The van der Waals surface area contributed by atoms with Crippen LogP contribution in [0.3, 0.4) is 0 Å². The standard InChI is InChI=1S/C12H20ClN3O/c1-3-14-12(15-7-8(2)13)16-10-6-9-4-5-11(10)17-9/h9-11H,2-7H2,1H3,(H2,14,15,16). The molecule has 0 amide bonds. The molecule has 0 saturated carbocycles. The zero-order chi connectivity index (χ0) is 12.3. The fraction of sp³-hybridized carbons (Fsp3) is 0.750. The molecule has 0 aliphatic carbocycles. The van der Waals surface area contributed by atoms with Crippen LogP contribution in [0.2, 0.25) is 0 Å². The van der Waals surface area contributed by atoms with Gasteiger partial charge in [-0.05, 0) is 26.2 Å². The van der Waals surface area contributed by atoms with Crippen molar-refractivity contribution in [2.45, 2.75) is 44.4 Å². The van der Waals surface area contributed by atoms with Gasteiger partial charge in [-0.15, -0.1) is 0 Å². The number of nitrogens with zero attached hydrogens (tertiary/aromatic N) is 1. The van der Waals surface area contributed by atoms with Gasteiger partial charge >= 0.3 is 0 Å². The Morgan fingerprint density at radius 2 is 2.35 bits per heavy atom. The molecule has 0 spiro atoms. The smallest absolute Gasteiger partial charge is 0.191 e. The van der Waals surface area contributed by atoms with Crippen molar-refractivity contribution in [2.75, 3.05) is 13.1 Å². The quantitative estimate of drug-likeness (QED) is 0.594. The summed E-state index contributed by atoms with van der Waals surface area (Å²) in [7, 11) is 0. The van der Waals surface area contributed by atoms with Gasteiger partial charge in [-0.25, -0.2) is 4.99 Å². The lowest BCUT2D eigenvalue weighted by Crippen LogP contribution is -2.47. The summed E-state index contributed by atoms with van der Waals surface area (Å²) < 4.78 is 5.80. The molecule has 2 heterocycles. The molecule has 3 atom stereocenters. The molecule has 2 saturated heterocycles. The Bertz CT molecular complexity index is 319. The van der Waals surface area contributed by atoms with E-state index < -0.39 is 0 Å². The van der Waals surface area contributed by atoms with Crippen LogP contribution in [0.5, 0.6) is 0 Å². The maximum Gasteiger partial charge on any atom is 0.191 e. The average Bonchev–Trinajstić information content (AvgIpc) is 2.88. The monoisotopic (exact) mass is 257 g/mol. The minimum Gasteiger partial charge on any atom is -0.373 e. The number of rotatable bonds is 4. The molecule has 0 aromatic heterocycles. The second-order valence-corrected chi connectivity index (χ2v) is 5.11. The van der Waals surface area contributed by atoms with Crippen LogP contribution in [-0.2, 0) is 4.74 Å². The number of hydrogen-bond acceptors (Lipinski definition) is 2. The second kappa shape index (κ2) is 5.74. The van der Waals surface area contributed by atoms with Gasteiger partial charge in [0.1, 0.15) is 0 Å². The first-order valence-electron chi connectivity index (χ1n) is 6.22. The largest absolute Gasteiger partial charge is 0.373 e. The van der Waals surface area contributed by atoms with Crippen LogP contribution in [0.15, 0.2) is 16.6 Å². The van der Waals surface area contributed by atoms with E-state index in [4.69, 9.17) is 16.3 Å². The lowest BCUT2D eigenvalue weighted by atomic mass is 9.96. The van der Waals surface area contributed by atoms with E-state index in [0.717, 1.165) is 25.3 Å². The van der Waals surface area contributed by atoms with Crippen molar-refractivity contribution >= 4 is 17.6 Å². The van der Waals surface area contributed by atoms with Crippen LogP contribution < -0.4 is 10.6 Å². The summed E-state index contributed by atoms with van der Waals surface area (Å²) in [5, 5.41) is 7.17. The van der Waals surface area contributed by atoms with Gasteiger partial charge in [0.15, 0.2) is 5.96 Å². The van der Waals surface area contributed by atoms with Gasteiger partial charge in [-0.3, -0.25) is 0 Å². The van der Waals surface area contributed by atoms with E-state index in [1.54, 1.807) is 0 Å². The molecular formula is C12H20ClN3O. The molecule has 0 aromatic rings. The summed E-state index contributed by atoms with van der Waals surface area (Å²) in [4.78, 5) is 4.37. The minimum absolute atomic E-state index is 0.350. The Morgan fingerprint density at radius 3 is 2.88 bits per heavy atom. The Labute approximate surface area is 107 Å². The molecule has 2 rings (SSSR count). The minimum atomic E-state index is 0.350. The first kappa shape index (κ1) is 12.7. The molecule has 2 N–H and O–H groups in total. The first-order valence-corrected chi connectivity index (χ1v) is 6.60. The Kier molecular flexibility index (Phi) is 4.29. The average molecular weight is 258 g/mol. The van der Waals surface area contributed by atoms with Crippen LogP contribution in [0.1, 0.15) is 26.2 Å². The third-order valence-corrected chi connectivity index (χ3v) is 3.30. The summed E-state index contributed by atoms with van der Waals surface area (Å²) in [5.41, 5.74) is 0. The Balaban J connectivity index is 1.88. The maximum absolute atomic E-state index is 5.80. The Hall–Kier alpha value is -0.740. The van der Waals surface area contributed by atoms with E-state index in [2.05, 4.69) is 22.2 Å². The highest BCUT2D eigenvalue weighted by Gasteiger charge is 2.41. The molecular weight excluding hydrogens is 238 g/mol. The Morgan fingerprint density at radius 1 is 1.53 bits per heavy atom. The summed E-state index contributed by atoms with van der Waals surface area (Å²) in [6.07, 6.45) is 4.24. The van der Waals surface area contributed by atoms with E-state index >= 15 is 0 Å². The van der Waals surface area contributed by atoms with Crippen molar-refractivity contribution in [3.63, 3.8) is 0 Å². The van der Waals surface area contributed by atoms with Gasteiger partial charge in [0.2, 0.25) is 0 Å². The van der Waals surface area contributed by atoms with Gasteiger partial charge in [0, 0.05) is 11.6 Å². The number of halogens is 1. The molecule has 2 aliphatic rings. The van der Waals surface area contributed by atoms with Gasteiger partial charge in [-0.1, -0.05) is 18.2 Å². The molecule has 96 valence electrons. The second-order valence-electron chi connectivity index (χ2n) is 4.57. The van der Waals surface area contributed by atoms with E-state index in [9.17, 15) is 0 Å². The van der Waals surface area contributed by atoms with Crippen molar-refractivity contribution in [1.82, 2.24) is 10.6 Å². The van der Waals surface area contributed by atoms with Crippen LogP contribution in [0.4, 0.5) is 0 Å². The fourth-order valence-electron chi connectivity index (χ4n) is 2.45. The number of aliphatic imine (C=N–C) groups is 1.